The predicted molar refractivity (Wildman–Crippen MR) is 70.5 cm³/mol. The highest BCUT2D eigenvalue weighted by Crippen LogP contribution is 2.29. The van der Waals surface area contributed by atoms with Crippen molar-refractivity contribution in [3.63, 3.8) is 0 Å². The van der Waals surface area contributed by atoms with Crippen molar-refractivity contribution in [1.29, 1.82) is 0 Å². The van der Waals surface area contributed by atoms with Gasteiger partial charge in [0.15, 0.2) is 5.75 Å². The molecule has 0 saturated carbocycles. The number of benzene rings is 2. The molecule has 0 aliphatic heterocycles. The maximum Gasteiger partial charge on any atom is 0.311 e. The molecule has 0 N–H and O–H groups in total. The van der Waals surface area contributed by atoms with E-state index in [0.717, 1.165) is 18.2 Å². The summed E-state index contributed by atoms with van der Waals surface area (Å²) < 4.78 is 18.3. The second-order valence-corrected chi connectivity index (χ2v) is 4.04. The van der Waals surface area contributed by atoms with Crippen LogP contribution in [0.15, 0.2) is 42.5 Å². The largest absolute Gasteiger partial charge is 0.482 e. The first-order chi connectivity index (χ1) is 9.99. The van der Waals surface area contributed by atoms with Crippen molar-refractivity contribution in [3.8, 4) is 5.75 Å². The highest BCUT2D eigenvalue weighted by molar-refractivity contribution is 5.47. The van der Waals surface area contributed by atoms with Gasteiger partial charge in [-0.2, -0.15) is 0 Å². The molecular formula is C13H9FN2O5. The molecule has 7 nitrogen and oxygen atoms in total. The van der Waals surface area contributed by atoms with Gasteiger partial charge in [-0.15, -0.1) is 0 Å². The average molecular weight is 292 g/mol. The molecule has 0 heterocycles. The molecule has 0 fully saturated rings. The molecular weight excluding hydrogens is 283 g/mol. The van der Waals surface area contributed by atoms with Gasteiger partial charge in [0, 0.05) is 18.2 Å². The molecule has 2 aromatic carbocycles. The molecule has 0 saturated heterocycles. The van der Waals surface area contributed by atoms with Crippen LogP contribution < -0.4 is 4.74 Å². The molecule has 0 aliphatic rings. The van der Waals surface area contributed by atoms with Crippen LogP contribution in [0.2, 0.25) is 0 Å². The number of hydrogen-bond acceptors (Lipinski definition) is 5. The van der Waals surface area contributed by atoms with Crippen LogP contribution in [-0.4, -0.2) is 9.85 Å². The van der Waals surface area contributed by atoms with Gasteiger partial charge in [-0.25, -0.2) is 4.39 Å². The van der Waals surface area contributed by atoms with Crippen LogP contribution in [0.4, 0.5) is 15.8 Å². The predicted octanol–water partition coefficient (Wildman–Crippen LogP) is 3.22. The second-order valence-electron chi connectivity index (χ2n) is 4.04. The summed E-state index contributed by atoms with van der Waals surface area (Å²) in [5.41, 5.74) is -0.340. The van der Waals surface area contributed by atoms with E-state index in [2.05, 4.69) is 0 Å². The van der Waals surface area contributed by atoms with Gasteiger partial charge < -0.3 is 4.74 Å². The lowest BCUT2D eigenvalue weighted by Crippen LogP contribution is -2.02. The monoisotopic (exact) mass is 292 g/mol. The molecule has 0 aromatic heterocycles. The summed E-state index contributed by atoms with van der Waals surface area (Å²) in [6.07, 6.45) is 0. The number of rotatable bonds is 5. The fourth-order valence-corrected chi connectivity index (χ4v) is 1.72. The summed E-state index contributed by atoms with van der Waals surface area (Å²) in [4.78, 5) is 20.4. The minimum atomic E-state index is -0.714. The van der Waals surface area contributed by atoms with Crippen LogP contribution in [0.3, 0.4) is 0 Å². The molecule has 0 atom stereocenters. The molecule has 0 aliphatic carbocycles. The molecule has 0 spiro atoms. The van der Waals surface area contributed by atoms with E-state index in [1.807, 2.05) is 0 Å². The Bertz CT molecular complexity index is 705. The van der Waals surface area contributed by atoms with Crippen molar-refractivity contribution in [2.24, 2.45) is 0 Å². The maximum atomic E-state index is 13.1. The summed E-state index contributed by atoms with van der Waals surface area (Å²) in [5, 5.41) is 21.7. The van der Waals surface area contributed by atoms with Gasteiger partial charge in [-0.05, 0) is 12.1 Å². The Balaban J connectivity index is 2.27. The van der Waals surface area contributed by atoms with Gasteiger partial charge in [0.25, 0.3) is 5.69 Å². The zero-order valence-electron chi connectivity index (χ0n) is 10.6. The molecule has 21 heavy (non-hydrogen) atoms. The standard InChI is InChI=1S/C13H9FN2O5/c14-10-5-6-12(16(19)20)13(7-10)21-8-9-3-1-2-4-11(9)15(17)18/h1-7H,8H2. The third kappa shape index (κ3) is 3.30. The van der Waals surface area contributed by atoms with Gasteiger partial charge in [0.05, 0.1) is 15.4 Å². The third-order valence-electron chi connectivity index (χ3n) is 2.69. The van der Waals surface area contributed by atoms with Crippen LogP contribution in [0, 0.1) is 26.0 Å². The highest BCUT2D eigenvalue weighted by Gasteiger charge is 2.18. The maximum absolute atomic E-state index is 13.1. The Kier molecular flexibility index (Phi) is 4.07. The molecule has 108 valence electrons. The van der Waals surface area contributed by atoms with E-state index in [-0.39, 0.29) is 23.6 Å². The Morgan fingerprint density at radius 3 is 2.33 bits per heavy atom. The summed E-state index contributed by atoms with van der Waals surface area (Å²) in [7, 11) is 0. The minimum Gasteiger partial charge on any atom is -0.482 e. The SMILES string of the molecule is O=[N+]([O-])c1ccccc1COc1cc(F)ccc1[N+](=O)[O-]. The van der Waals surface area contributed by atoms with Crippen molar-refractivity contribution >= 4 is 11.4 Å². The smallest absolute Gasteiger partial charge is 0.311 e. The number of nitro groups is 2. The van der Waals surface area contributed by atoms with Crippen molar-refractivity contribution in [1.82, 2.24) is 0 Å². The van der Waals surface area contributed by atoms with E-state index in [4.69, 9.17) is 4.74 Å². The van der Waals surface area contributed by atoms with Gasteiger partial charge >= 0.3 is 5.69 Å². The van der Waals surface area contributed by atoms with E-state index >= 15 is 0 Å². The van der Waals surface area contributed by atoms with Gasteiger partial charge in [-0.1, -0.05) is 12.1 Å². The van der Waals surface area contributed by atoms with Crippen molar-refractivity contribution in [2.45, 2.75) is 6.61 Å². The summed E-state index contributed by atoms with van der Waals surface area (Å²) in [6.45, 7) is -0.276. The molecule has 2 aromatic rings. The number of para-hydroxylation sites is 1. The van der Waals surface area contributed by atoms with E-state index in [1.165, 1.54) is 18.2 Å². The summed E-state index contributed by atoms with van der Waals surface area (Å²) in [6, 6.07) is 8.60. The number of nitro benzene ring substituents is 2. The van der Waals surface area contributed by atoms with Gasteiger partial charge in [-0.3, -0.25) is 20.2 Å². The minimum absolute atomic E-state index is 0.170. The first-order valence-corrected chi connectivity index (χ1v) is 5.78. The number of nitrogens with zero attached hydrogens (tertiary/aromatic N) is 2. The molecule has 0 radical (unpaired) electrons. The zero-order valence-corrected chi connectivity index (χ0v) is 10.6. The lowest BCUT2D eigenvalue weighted by atomic mass is 10.2. The van der Waals surface area contributed by atoms with E-state index in [0.29, 0.717) is 0 Å². The second kappa shape index (κ2) is 5.95. The molecule has 2 rings (SSSR count). The van der Waals surface area contributed by atoms with Crippen LogP contribution in [0.1, 0.15) is 5.56 Å². The topological polar surface area (TPSA) is 95.5 Å². The first-order valence-electron chi connectivity index (χ1n) is 5.78. The van der Waals surface area contributed by atoms with Crippen molar-refractivity contribution in [2.75, 3.05) is 0 Å². The Labute approximate surface area is 117 Å². The van der Waals surface area contributed by atoms with E-state index in [9.17, 15) is 24.6 Å². The molecule has 8 heteroatoms. The zero-order chi connectivity index (χ0) is 15.4. The normalized spacial score (nSPS) is 10.1. The van der Waals surface area contributed by atoms with Crippen LogP contribution >= 0.6 is 0 Å². The quantitative estimate of drug-likeness (QED) is 0.622. The third-order valence-corrected chi connectivity index (χ3v) is 2.69. The fraction of sp³-hybridized carbons (Fsp3) is 0.0769. The van der Waals surface area contributed by atoms with E-state index in [1.54, 1.807) is 6.07 Å². The van der Waals surface area contributed by atoms with Gasteiger partial charge in [0.2, 0.25) is 0 Å². The Morgan fingerprint density at radius 2 is 1.67 bits per heavy atom. The van der Waals surface area contributed by atoms with Crippen LogP contribution in [0.5, 0.6) is 5.75 Å². The van der Waals surface area contributed by atoms with Crippen molar-refractivity contribution in [3.05, 3.63) is 74.1 Å². The summed E-state index contributed by atoms with van der Waals surface area (Å²) in [5.74, 6) is -0.976. The van der Waals surface area contributed by atoms with E-state index < -0.39 is 21.4 Å². The molecule has 0 amide bonds. The average Bonchev–Trinajstić information content (AvgIpc) is 2.45. The van der Waals surface area contributed by atoms with Crippen LogP contribution in [0.25, 0.3) is 0 Å². The summed E-state index contributed by atoms with van der Waals surface area (Å²) >= 11 is 0. The Morgan fingerprint density at radius 1 is 1.00 bits per heavy atom. The lowest BCUT2D eigenvalue weighted by molar-refractivity contribution is -0.387. The highest BCUT2D eigenvalue weighted by atomic mass is 19.1. The number of ether oxygens (including phenoxy) is 1. The van der Waals surface area contributed by atoms with Gasteiger partial charge in [0.1, 0.15) is 12.4 Å². The first kappa shape index (κ1) is 14.4. The number of halogens is 1. The van der Waals surface area contributed by atoms with Crippen molar-refractivity contribution < 1.29 is 19.0 Å². The van der Waals surface area contributed by atoms with Crippen LogP contribution in [-0.2, 0) is 6.61 Å². The Hall–Kier alpha value is -3.03. The molecule has 0 unspecified atom stereocenters. The number of hydrogen-bond donors (Lipinski definition) is 0. The fourth-order valence-electron chi connectivity index (χ4n) is 1.72. The lowest BCUT2D eigenvalue weighted by Gasteiger charge is -2.07. The molecule has 0 bridgehead atoms.